The molecular weight excluding hydrogens is 318 g/mol. The zero-order valence-electron chi connectivity index (χ0n) is 14.3. The van der Waals surface area contributed by atoms with E-state index in [0.29, 0.717) is 17.3 Å². The molecule has 6 heteroatoms. The van der Waals surface area contributed by atoms with Gasteiger partial charge in [-0.05, 0) is 32.9 Å². The van der Waals surface area contributed by atoms with E-state index in [2.05, 4.69) is 15.3 Å². The highest BCUT2D eigenvalue weighted by Gasteiger charge is 2.17. The van der Waals surface area contributed by atoms with Crippen molar-refractivity contribution in [2.45, 2.75) is 26.4 Å². The summed E-state index contributed by atoms with van der Waals surface area (Å²) in [6.45, 7) is 5.47. The van der Waals surface area contributed by atoms with Crippen LogP contribution >= 0.6 is 0 Å². The lowest BCUT2D eigenvalue weighted by Gasteiger charge is -2.20. The Kier molecular flexibility index (Phi) is 4.52. The van der Waals surface area contributed by atoms with Crippen LogP contribution in [0.1, 0.15) is 20.8 Å². The Hall–Kier alpha value is -3.15. The molecule has 0 aliphatic rings. The maximum Gasteiger partial charge on any atom is 0.412 e. The first-order chi connectivity index (χ1) is 11.9. The lowest BCUT2D eigenvalue weighted by atomic mass is 10.1. The van der Waals surface area contributed by atoms with Gasteiger partial charge in [-0.2, -0.15) is 0 Å². The van der Waals surface area contributed by atoms with E-state index in [4.69, 9.17) is 9.47 Å². The third-order valence-electron chi connectivity index (χ3n) is 3.29. The highest BCUT2D eigenvalue weighted by Crippen LogP contribution is 2.33. The molecule has 1 N–H and O–H groups in total. The van der Waals surface area contributed by atoms with E-state index in [1.54, 1.807) is 24.4 Å². The molecule has 0 bridgehead atoms. The smallest absolute Gasteiger partial charge is 0.412 e. The number of carbonyl (C=O) groups is 1. The number of benzene rings is 2. The van der Waals surface area contributed by atoms with Crippen molar-refractivity contribution in [2.24, 2.45) is 0 Å². The summed E-state index contributed by atoms with van der Waals surface area (Å²) >= 11 is 0. The summed E-state index contributed by atoms with van der Waals surface area (Å²) in [7, 11) is 0. The molecule has 1 aromatic heterocycles. The van der Waals surface area contributed by atoms with Crippen molar-refractivity contribution in [3.63, 3.8) is 0 Å². The van der Waals surface area contributed by atoms with Gasteiger partial charge in [-0.15, -0.1) is 0 Å². The highest BCUT2D eigenvalue weighted by molar-refractivity contribution is 6.02. The molecule has 0 atom stereocenters. The minimum Gasteiger partial charge on any atom is -0.444 e. The molecule has 0 saturated carbocycles. The van der Waals surface area contributed by atoms with Gasteiger partial charge in [0.2, 0.25) is 5.88 Å². The molecule has 128 valence electrons. The molecule has 3 aromatic rings. The number of nitrogens with one attached hydrogen (secondary N) is 1. The van der Waals surface area contributed by atoms with Gasteiger partial charge in [0.1, 0.15) is 17.7 Å². The number of hydrogen-bond acceptors (Lipinski definition) is 5. The minimum atomic E-state index is -0.560. The van der Waals surface area contributed by atoms with E-state index < -0.39 is 11.7 Å². The molecule has 25 heavy (non-hydrogen) atoms. The predicted octanol–water partition coefficient (Wildman–Crippen LogP) is 4.77. The van der Waals surface area contributed by atoms with Gasteiger partial charge in [0.05, 0.1) is 5.69 Å². The Bertz CT molecular complexity index is 889. The molecule has 3 rings (SSSR count). The van der Waals surface area contributed by atoms with Gasteiger partial charge < -0.3 is 9.47 Å². The quantitative estimate of drug-likeness (QED) is 0.745. The van der Waals surface area contributed by atoms with Crippen LogP contribution in [0.4, 0.5) is 10.5 Å². The van der Waals surface area contributed by atoms with Gasteiger partial charge in [-0.3, -0.25) is 5.32 Å². The lowest BCUT2D eigenvalue weighted by molar-refractivity contribution is 0.0636. The highest BCUT2D eigenvalue weighted by atomic mass is 16.6. The van der Waals surface area contributed by atoms with Gasteiger partial charge in [-0.25, -0.2) is 14.8 Å². The van der Waals surface area contributed by atoms with Crippen LogP contribution in [0.25, 0.3) is 10.8 Å². The molecule has 0 spiro atoms. The average Bonchev–Trinajstić information content (AvgIpc) is 2.56. The Morgan fingerprint density at radius 1 is 1.04 bits per heavy atom. The second-order valence-electron chi connectivity index (χ2n) is 6.43. The fourth-order valence-electron chi connectivity index (χ4n) is 2.33. The van der Waals surface area contributed by atoms with Crippen molar-refractivity contribution in [1.29, 1.82) is 0 Å². The SMILES string of the molecule is CC(C)(C)OC(=O)Nc1ccc(Oc2ccncn2)c2ccccc12. The summed E-state index contributed by atoms with van der Waals surface area (Å²) in [6.07, 6.45) is 2.54. The molecule has 0 aliphatic carbocycles. The number of hydrogen-bond donors (Lipinski definition) is 1. The molecule has 1 amide bonds. The topological polar surface area (TPSA) is 73.3 Å². The largest absolute Gasteiger partial charge is 0.444 e. The van der Waals surface area contributed by atoms with E-state index in [9.17, 15) is 4.79 Å². The number of anilines is 1. The number of carbonyl (C=O) groups excluding carboxylic acids is 1. The van der Waals surface area contributed by atoms with E-state index in [1.807, 2.05) is 45.0 Å². The monoisotopic (exact) mass is 337 g/mol. The first-order valence-corrected chi connectivity index (χ1v) is 7.88. The van der Waals surface area contributed by atoms with Crippen LogP contribution in [0.15, 0.2) is 55.0 Å². The minimum absolute atomic E-state index is 0.452. The summed E-state index contributed by atoms with van der Waals surface area (Å²) in [5.41, 5.74) is 0.0931. The number of aromatic nitrogens is 2. The number of fused-ring (bicyclic) bond motifs is 1. The lowest BCUT2D eigenvalue weighted by Crippen LogP contribution is -2.27. The average molecular weight is 337 g/mol. The zero-order chi connectivity index (χ0) is 17.9. The fraction of sp³-hybridized carbons (Fsp3) is 0.211. The van der Waals surface area contributed by atoms with Crippen molar-refractivity contribution in [1.82, 2.24) is 9.97 Å². The summed E-state index contributed by atoms with van der Waals surface area (Å²) in [4.78, 5) is 20.0. The van der Waals surface area contributed by atoms with Gasteiger partial charge in [0.25, 0.3) is 0 Å². The van der Waals surface area contributed by atoms with Crippen LogP contribution < -0.4 is 10.1 Å². The summed E-state index contributed by atoms with van der Waals surface area (Å²) < 4.78 is 11.2. The molecular formula is C19H19N3O3. The van der Waals surface area contributed by atoms with Crippen molar-refractivity contribution in [3.8, 4) is 11.6 Å². The zero-order valence-corrected chi connectivity index (χ0v) is 14.3. The summed E-state index contributed by atoms with van der Waals surface area (Å²) in [5, 5.41) is 4.49. The van der Waals surface area contributed by atoms with Crippen molar-refractivity contribution in [3.05, 3.63) is 55.0 Å². The Morgan fingerprint density at radius 3 is 2.48 bits per heavy atom. The molecule has 0 unspecified atom stereocenters. The van der Waals surface area contributed by atoms with Crippen LogP contribution in [-0.4, -0.2) is 21.7 Å². The third-order valence-corrected chi connectivity index (χ3v) is 3.29. The fourth-order valence-corrected chi connectivity index (χ4v) is 2.33. The maximum absolute atomic E-state index is 12.1. The molecule has 0 saturated heterocycles. The molecule has 0 aliphatic heterocycles. The van der Waals surface area contributed by atoms with Crippen LogP contribution in [-0.2, 0) is 4.74 Å². The van der Waals surface area contributed by atoms with E-state index >= 15 is 0 Å². The van der Waals surface area contributed by atoms with E-state index in [1.165, 1.54) is 6.33 Å². The number of ether oxygens (including phenoxy) is 2. The van der Waals surface area contributed by atoms with E-state index in [-0.39, 0.29) is 0 Å². The predicted molar refractivity (Wildman–Crippen MR) is 95.9 cm³/mol. The Morgan fingerprint density at radius 2 is 1.80 bits per heavy atom. The summed E-state index contributed by atoms with van der Waals surface area (Å²) in [5.74, 6) is 1.09. The Balaban J connectivity index is 1.92. The number of amides is 1. The Labute approximate surface area is 145 Å². The van der Waals surface area contributed by atoms with Crippen molar-refractivity contribution >= 4 is 22.6 Å². The third kappa shape index (κ3) is 4.23. The van der Waals surface area contributed by atoms with Gasteiger partial charge >= 0.3 is 6.09 Å². The van der Waals surface area contributed by atoms with E-state index in [0.717, 1.165) is 10.8 Å². The molecule has 1 heterocycles. The molecule has 2 aromatic carbocycles. The number of nitrogens with zero attached hydrogens (tertiary/aromatic N) is 2. The van der Waals surface area contributed by atoms with Gasteiger partial charge in [0, 0.05) is 23.0 Å². The number of rotatable bonds is 3. The maximum atomic E-state index is 12.1. The normalized spacial score (nSPS) is 11.2. The van der Waals surface area contributed by atoms with Crippen LogP contribution in [0.3, 0.4) is 0 Å². The van der Waals surface area contributed by atoms with Crippen molar-refractivity contribution < 1.29 is 14.3 Å². The standard InChI is InChI=1S/C19H19N3O3/c1-19(2,3)25-18(23)22-15-8-9-16(14-7-5-4-6-13(14)15)24-17-10-11-20-12-21-17/h4-12H,1-3H3,(H,22,23). The van der Waals surface area contributed by atoms with Crippen LogP contribution in [0, 0.1) is 0 Å². The second-order valence-corrected chi connectivity index (χ2v) is 6.43. The van der Waals surface area contributed by atoms with Crippen LogP contribution in [0.2, 0.25) is 0 Å². The molecule has 6 nitrogen and oxygen atoms in total. The second kappa shape index (κ2) is 6.76. The van der Waals surface area contributed by atoms with Crippen molar-refractivity contribution in [2.75, 3.05) is 5.32 Å². The molecule has 0 fully saturated rings. The first-order valence-electron chi connectivity index (χ1n) is 7.88. The first kappa shape index (κ1) is 16.7. The van der Waals surface area contributed by atoms with Crippen LogP contribution in [0.5, 0.6) is 11.6 Å². The van der Waals surface area contributed by atoms with Gasteiger partial charge in [-0.1, -0.05) is 24.3 Å². The summed E-state index contributed by atoms with van der Waals surface area (Å²) in [6, 6.07) is 12.9. The molecule has 0 radical (unpaired) electrons. The van der Waals surface area contributed by atoms with Gasteiger partial charge in [0.15, 0.2) is 0 Å².